The summed E-state index contributed by atoms with van der Waals surface area (Å²) in [6.07, 6.45) is 1.00. The molecule has 20 heavy (non-hydrogen) atoms. The lowest BCUT2D eigenvalue weighted by atomic mass is 9.98. The summed E-state index contributed by atoms with van der Waals surface area (Å²) in [6, 6.07) is 16.3. The van der Waals surface area contributed by atoms with Gasteiger partial charge in [0.15, 0.2) is 0 Å². The summed E-state index contributed by atoms with van der Waals surface area (Å²) in [4.78, 5) is 4.38. The summed E-state index contributed by atoms with van der Waals surface area (Å²) in [6.45, 7) is 4.95. The highest BCUT2D eigenvalue weighted by molar-refractivity contribution is 5.52. The van der Waals surface area contributed by atoms with Crippen LogP contribution < -0.4 is 5.32 Å². The molecule has 2 aromatic rings. The van der Waals surface area contributed by atoms with Crippen molar-refractivity contribution in [2.24, 2.45) is 0 Å². The molecule has 1 atom stereocenters. The highest BCUT2D eigenvalue weighted by Crippen LogP contribution is 2.19. The SMILES string of the molecule is Cc1ccc(C#N)c(NCCC(C)c2ccccc2)n1. The standard InChI is InChI=1S/C17H19N3/c1-13(15-6-4-3-5-7-15)10-11-19-17-16(12-18)9-8-14(2)20-17/h3-9,13H,10-11H2,1-2H3,(H,19,20). The molecule has 0 fully saturated rings. The molecule has 0 bridgehead atoms. The van der Waals surface area contributed by atoms with Gasteiger partial charge in [-0.25, -0.2) is 4.98 Å². The lowest BCUT2D eigenvalue weighted by Gasteiger charge is -2.13. The van der Waals surface area contributed by atoms with Crippen LogP contribution in [-0.4, -0.2) is 11.5 Å². The zero-order chi connectivity index (χ0) is 14.4. The molecule has 1 heterocycles. The van der Waals surface area contributed by atoms with Crippen LogP contribution in [0.25, 0.3) is 0 Å². The van der Waals surface area contributed by atoms with Gasteiger partial charge < -0.3 is 5.32 Å². The Bertz CT molecular complexity index is 599. The number of nitrogens with one attached hydrogen (secondary N) is 1. The Morgan fingerprint density at radius 1 is 1.20 bits per heavy atom. The maximum absolute atomic E-state index is 9.07. The highest BCUT2D eigenvalue weighted by Gasteiger charge is 2.07. The van der Waals surface area contributed by atoms with E-state index in [1.54, 1.807) is 0 Å². The van der Waals surface area contributed by atoms with E-state index < -0.39 is 0 Å². The predicted octanol–water partition coefficient (Wildman–Crippen LogP) is 3.87. The fourth-order valence-electron chi connectivity index (χ4n) is 2.14. The molecular weight excluding hydrogens is 246 g/mol. The van der Waals surface area contributed by atoms with Gasteiger partial charge in [-0.3, -0.25) is 0 Å². The molecule has 2 rings (SSSR count). The van der Waals surface area contributed by atoms with Crippen LogP contribution in [0, 0.1) is 18.3 Å². The van der Waals surface area contributed by atoms with Gasteiger partial charge in [0, 0.05) is 12.2 Å². The van der Waals surface area contributed by atoms with Crippen molar-refractivity contribution < 1.29 is 0 Å². The van der Waals surface area contributed by atoms with Gasteiger partial charge in [-0.05, 0) is 37.0 Å². The average molecular weight is 265 g/mol. The Kier molecular flexibility index (Phi) is 4.73. The number of hydrogen-bond donors (Lipinski definition) is 1. The minimum absolute atomic E-state index is 0.485. The number of nitrogens with zero attached hydrogens (tertiary/aromatic N) is 2. The maximum atomic E-state index is 9.07. The van der Waals surface area contributed by atoms with Crippen LogP contribution in [0.4, 0.5) is 5.82 Å². The van der Waals surface area contributed by atoms with Crippen molar-refractivity contribution in [1.82, 2.24) is 4.98 Å². The Balaban J connectivity index is 1.94. The van der Waals surface area contributed by atoms with Gasteiger partial charge in [-0.15, -0.1) is 0 Å². The van der Waals surface area contributed by atoms with E-state index >= 15 is 0 Å². The number of nitriles is 1. The van der Waals surface area contributed by atoms with E-state index in [4.69, 9.17) is 5.26 Å². The van der Waals surface area contributed by atoms with Crippen molar-refractivity contribution >= 4 is 5.82 Å². The molecule has 1 aromatic carbocycles. The second-order valence-corrected chi connectivity index (χ2v) is 4.99. The van der Waals surface area contributed by atoms with Crippen LogP contribution in [0.1, 0.15) is 36.1 Å². The van der Waals surface area contributed by atoms with Crippen LogP contribution in [0.15, 0.2) is 42.5 Å². The van der Waals surface area contributed by atoms with Crippen molar-refractivity contribution in [3.05, 3.63) is 59.3 Å². The van der Waals surface area contributed by atoms with Gasteiger partial charge in [-0.2, -0.15) is 5.26 Å². The third kappa shape index (κ3) is 3.58. The number of aromatic nitrogens is 1. The smallest absolute Gasteiger partial charge is 0.144 e. The fourth-order valence-corrected chi connectivity index (χ4v) is 2.14. The number of aryl methyl sites for hydroxylation is 1. The Morgan fingerprint density at radius 3 is 2.65 bits per heavy atom. The quantitative estimate of drug-likeness (QED) is 0.892. The number of rotatable bonds is 5. The molecule has 1 unspecified atom stereocenters. The van der Waals surface area contributed by atoms with E-state index in [2.05, 4.69) is 47.6 Å². The highest BCUT2D eigenvalue weighted by atomic mass is 15.0. The minimum Gasteiger partial charge on any atom is -0.369 e. The van der Waals surface area contributed by atoms with Crippen LogP contribution in [-0.2, 0) is 0 Å². The molecule has 0 amide bonds. The zero-order valence-corrected chi connectivity index (χ0v) is 11.9. The number of hydrogen-bond acceptors (Lipinski definition) is 3. The first kappa shape index (κ1) is 14.1. The molecule has 0 aliphatic carbocycles. The second-order valence-electron chi connectivity index (χ2n) is 4.99. The summed E-state index contributed by atoms with van der Waals surface area (Å²) in [5.41, 5.74) is 2.86. The zero-order valence-electron chi connectivity index (χ0n) is 11.9. The predicted molar refractivity (Wildman–Crippen MR) is 81.7 cm³/mol. The second kappa shape index (κ2) is 6.72. The molecule has 0 aliphatic heterocycles. The summed E-state index contributed by atoms with van der Waals surface area (Å²) in [5, 5.41) is 12.3. The monoisotopic (exact) mass is 265 g/mol. The van der Waals surface area contributed by atoms with Crippen LogP contribution in [0.3, 0.4) is 0 Å². The Morgan fingerprint density at radius 2 is 1.95 bits per heavy atom. The topological polar surface area (TPSA) is 48.7 Å². The van der Waals surface area contributed by atoms with Gasteiger partial charge in [0.2, 0.25) is 0 Å². The van der Waals surface area contributed by atoms with E-state index in [9.17, 15) is 0 Å². The van der Waals surface area contributed by atoms with Gasteiger partial charge in [-0.1, -0.05) is 37.3 Å². The van der Waals surface area contributed by atoms with Crippen LogP contribution >= 0.6 is 0 Å². The summed E-state index contributed by atoms with van der Waals surface area (Å²) in [5.74, 6) is 1.17. The van der Waals surface area contributed by atoms with Gasteiger partial charge in [0.05, 0.1) is 5.56 Å². The normalized spacial score (nSPS) is 11.7. The molecular formula is C17H19N3. The first-order chi connectivity index (χ1) is 9.70. The van der Waals surface area contributed by atoms with Crippen molar-refractivity contribution in [3.63, 3.8) is 0 Å². The van der Waals surface area contributed by atoms with Crippen LogP contribution in [0.2, 0.25) is 0 Å². The van der Waals surface area contributed by atoms with E-state index in [1.165, 1.54) is 5.56 Å². The van der Waals surface area contributed by atoms with E-state index in [-0.39, 0.29) is 0 Å². The third-order valence-corrected chi connectivity index (χ3v) is 3.39. The lowest BCUT2D eigenvalue weighted by Crippen LogP contribution is -2.09. The molecule has 102 valence electrons. The minimum atomic E-state index is 0.485. The largest absolute Gasteiger partial charge is 0.369 e. The molecule has 3 heteroatoms. The van der Waals surface area contributed by atoms with E-state index in [1.807, 2.05) is 25.1 Å². The molecule has 1 aromatic heterocycles. The number of benzene rings is 1. The van der Waals surface area contributed by atoms with Crippen molar-refractivity contribution in [2.45, 2.75) is 26.2 Å². The summed E-state index contributed by atoms with van der Waals surface area (Å²) in [7, 11) is 0. The fraction of sp³-hybridized carbons (Fsp3) is 0.294. The first-order valence-corrected chi connectivity index (χ1v) is 6.87. The summed E-state index contributed by atoms with van der Waals surface area (Å²) < 4.78 is 0. The summed E-state index contributed by atoms with van der Waals surface area (Å²) >= 11 is 0. The molecule has 3 nitrogen and oxygen atoms in total. The van der Waals surface area contributed by atoms with Crippen molar-refractivity contribution in [3.8, 4) is 6.07 Å². The average Bonchev–Trinajstić information content (AvgIpc) is 2.48. The Labute approximate surface area is 120 Å². The van der Waals surface area contributed by atoms with Crippen molar-refractivity contribution in [2.75, 3.05) is 11.9 Å². The number of anilines is 1. The van der Waals surface area contributed by atoms with Crippen LogP contribution in [0.5, 0.6) is 0 Å². The van der Waals surface area contributed by atoms with Gasteiger partial charge >= 0.3 is 0 Å². The maximum Gasteiger partial charge on any atom is 0.144 e. The molecule has 0 aliphatic rings. The first-order valence-electron chi connectivity index (χ1n) is 6.87. The molecule has 0 saturated carbocycles. The Hall–Kier alpha value is -2.34. The molecule has 0 spiro atoms. The van der Waals surface area contributed by atoms with E-state index in [0.717, 1.165) is 18.7 Å². The molecule has 0 saturated heterocycles. The van der Waals surface area contributed by atoms with E-state index in [0.29, 0.717) is 17.3 Å². The van der Waals surface area contributed by atoms with Crippen molar-refractivity contribution in [1.29, 1.82) is 5.26 Å². The number of pyridine rings is 1. The van der Waals surface area contributed by atoms with Gasteiger partial charge in [0.1, 0.15) is 11.9 Å². The van der Waals surface area contributed by atoms with Gasteiger partial charge in [0.25, 0.3) is 0 Å². The lowest BCUT2D eigenvalue weighted by molar-refractivity contribution is 0.704. The molecule has 1 N–H and O–H groups in total. The molecule has 0 radical (unpaired) electrons. The third-order valence-electron chi connectivity index (χ3n) is 3.39.